The van der Waals surface area contributed by atoms with Crippen LogP contribution >= 0.6 is 11.6 Å². The smallest absolute Gasteiger partial charge is 0.257 e. The number of carbonyl (C=O) groups excluding carboxylic acids is 7. The standard InChI is InChI=1S/2C19H17NO.4C18H16N2O.C17H13ClN2O/c1-13-5-3-7-16(11-13)18(21)12-17-8-4-6-15-10-9-14(2)20-19(15)17;1-13-6-9-15(10-7-13)18(21)12-17-5-3-4-16-11-8-14(2)20-19(16)17;1-12-5-3-7-15(11-12)18(21)20-16-8-4-6-14-10-9-13(2)19-17(14)16;3*1-12-6-9-15(10-7-12)18(21)20-16-5-3-4-14-11-8-13(2)19-17(14)16;1-11-9-10-12-5-4-8-15(16(12)19-11)20-17(21)13-6-2-3-7-14(13)18/h2*3-11H,12H2,1-2H3;4*3-11H,1-2H3,(H,20,21);2-10H,1H3,(H,20,21). The molecule has 147 heavy (non-hydrogen) atoms. The van der Waals surface area contributed by atoms with Crippen molar-refractivity contribution in [1.29, 1.82) is 0 Å². The Kier molecular flexibility index (Phi) is 34.2. The van der Waals surface area contributed by atoms with Gasteiger partial charge in [0.05, 0.1) is 77.6 Å². The summed E-state index contributed by atoms with van der Waals surface area (Å²) in [7, 11) is 0. The van der Waals surface area contributed by atoms with Crippen LogP contribution in [0.25, 0.3) is 76.3 Å². The number of fused-ring (bicyclic) bond motifs is 7. The Bertz CT molecular complexity index is 7770. The maximum atomic E-state index is 12.5. The van der Waals surface area contributed by atoms with Crippen molar-refractivity contribution < 1.29 is 33.6 Å². The van der Waals surface area contributed by atoms with Crippen LogP contribution in [0.15, 0.2) is 382 Å². The highest BCUT2D eigenvalue weighted by Gasteiger charge is 2.20. The minimum absolute atomic E-state index is 0.116. The number of hydrogen-bond donors (Lipinski definition) is 5. The van der Waals surface area contributed by atoms with Crippen LogP contribution in [-0.4, -0.2) is 76.0 Å². The Balaban J connectivity index is 0.000000129. The lowest BCUT2D eigenvalue weighted by molar-refractivity contribution is 0.0985. The molecule has 0 bridgehead atoms. The van der Waals surface area contributed by atoms with Crippen LogP contribution in [0.4, 0.5) is 28.4 Å². The van der Waals surface area contributed by atoms with E-state index in [0.717, 1.165) is 195 Å². The first-order chi connectivity index (χ1) is 70.9. The summed E-state index contributed by atoms with van der Waals surface area (Å²) in [6.07, 6.45) is 0.772. The van der Waals surface area contributed by atoms with Crippen molar-refractivity contribution in [2.45, 2.75) is 103 Å². The average molecular weight is 1950 g/mol. The van der Waals surface area contributed by atoms with Crippen molar-refractivity contribution >= 4 is 157 Å². The molecular weight excluding hydrogens is 1840 g/mol. The summed E-state index contributed by atoms with van der Waals surface area (Å²) in [5.74, 6) is -0.450. The van der Waals surface area contributed by atoms with Gasteiger partial charge in [0.2, 0.25) is 0 Å². The quantitative estimate of drug-likeness (QED) is 0.0563. The van der Waals surface area contributed by atoms with E-state index in [4.69, 9.17) is 11.6 Å². The summed E-state index contributed by atoms with van der Waals surface area (Å²) in [4.78, 5) is 118. The molecule has 0 aliphatic carbocycles. The van der Waals surface area contributed by atoms with Gasteiger partial charge in [-0.05, 0) is 241 Å². The topological polar surface area (TPSA) is 270 Å². The Labute approximate surface area is 860 Å². The van der Waals surface area contributed by atoms with Crippen molar-refractivity contribution in [3.63, 3.8) is 0 Å². The predicted octanol–water partition coefficient (Wildman–Crippen LogP) is 29.4. The third kappa shape index (κ3) is 27.8. The molecule has 19 nitrogen and oxygen atoms in total. The first kappa shape index (κ1) is 103. The summed E-state index contributed by atoms with van der Waals surface area (Å²) >= 11 is 6.05. The van der Waals surface area contributed by atoms with Gasteiger partial charge in [-0.15, -0.1) is 0 Å². The maximum absolute atomic E-state index is 12.5. The first-order valence-corrected chi connectivity index (χ1v) is 48.6. The van der Waals surface area contributed by atoms with Crippen LogP contribution in [-0.2, 0) is 12.8 Å². The van der Waals surface area contributed by atoms with E-state index in [1.807, 2.05) is 436 Å². The van der Waals surface area contributed by atoms with Crippen molar-refractivity contribution in [1.82, 2.24) is 34.9 Å². The van der Waals surface area contributed by atoms with E-state index < -0.39 is 0 Å². The van der Waals surface area contributed by atoms with Gasteiger partial charge in [0.1, 0.15) is 0 Å². The predicted molar refractivity (Wildman–Crippen MR) is 600 cm³/mol. The molecule has 5 N–H and O–H groups in total. The Morgan fingerprint density at radius 2 is 0.429 bits per heavy atom. The number of nitrogens with zero attached hydrogens (tertiary/aromatic N) is 7. The molecule has 0 unspecified atom stereocenters. The average Bonchev–Trinajstić information content (AvgIpc) is 0.843. The number of amides is 5. The summed E-state index contributed by atoms with van der Waals surface area (Å²) in [6, 6.07) is 121. The van der Waals surface area contributed by atoms with Crippen molar-refractivity contribution in [2.24, 2.45) is 0 Å². The van der Waals surface area contributed by atoms with Crippen LogP contribution in [0.3, 0.4) is 0 Å². The number of aryl methyl sites for hydroxylation is 13. The molecule has 0 saturated heterocycles. The lowest BCUT2D eigenvalue weighted by atomic mass is 9.99. The first-order valence-electron chi connectivity index (χ1n) is 48.3. The second-order valence-corrected chi connectivity index (χ2v) is 36.6. The number of halogens is 1. The van der Waals surface area contributed by atoms with Crippen LogP contribution in [0, 0.1) is 90.0 Å². The van der Waals surface area contributed by atoms with Crippen LogP contribution in [0.2, 0.25) is 5.02 Å². The number of rotatable bonds is 16. The Morgan fingerprint density at radius 3 is 0.721 bits per heavy atom. The summed E-state index contributed by atoms with van der Waals surface area (Å²) in [5.41, 5.74) is 29.4. The maximum Gasteiger partial charge on any atom is 0.257 e. The molecule has 0 fully saturated rings. The number of carbonyl (C=O) groups is 7. The number of para-hydroxylation sites is 7. The normalized spacial score (nSPS) is 10.6. The Morgan fingerprint density at radius 1 is 0.197 bits per heavy atom. The van der Waals surface area contributed by atoms with E-state index in [9.17, 15) is 33.6 Å². The zero-order valence-corrected chi connectivity index (χ0v) is 84.9. The second-order valence-electron chi connectivity index (χ2n) is 36.2. The molecule has 0 aliphatic heterocycles. The zero-order chi connectivity index (χ0) is 104. The lowest BCUT2D eigenvalue weighted by Crippen LogP contribution is -2.13. The van der Waals surface area contributed by atoms with Crippen LogP contribution in [0.1, 0.15) is 157 Å². The molecule has 7 aromatic heterocycles. The number of hydrogen-bond acceptors (Lipinski definition) is 14. The highest BCUT2D eigenvalue weighted by molar-refractivity contribution is 6.34. The molecule has 0 spiro atoms. The molecule has 7 heterocycles. The largest absolute Gasteiger partial charge is 0.320 e. The lowest BCUT2D eigenvalue weighted by Gasteiger charge is -2.09. The van der Waals surface area contributed by atoms with Gasteiger partial charge in [-0.3, -0.25) is 68.4 Å². The minimum atomic E-state index is -0.239. The zero-order valence-electron chi connectivity index (χ0n) is 84.2. The molecular formula is C127H111ClN12O7. The third-order valence-electron chi connectivity index (χ3n) is 24.2. The fourth-order valence-electron chi connectivity index (χ4n) is 16.2. The number of anilines is 5. The van der Waals surface area contributed by atoms with Crippen molar-refractivity contribution in [2.75, 3.05) is 26.6 Å². The van der Waals surface area contributed by atoms with Crippen LogP contribution < -0.4 is 26.6 Å². The van der Waals surface area contributed by atoms with E-state index >= 15 is 0 Å². The van der Waals surface area contributed by atoms with E-state index in [-0.39, 0.29) is 41.1 Å². The second kappa shape index (κ2) is 48.6. The number of Topliss-reactive ketones (excluding diaryl/α,β-unsaturated/α-hetero) is 2. The van der Waals surface area contributed by atoms with E-state index in [1.54, 1.807) is 24.3 Å². The minimum Gasteiger partial charge on any atom is -0.320 e. The number of nitrogens with one attached hydrogen (secondary N) is 5. The molecule has 21 aromatic rings. The molecule has 21 rings (SSSR count). The molecule has 0 saturated carbocycles. The van der Waals surface area contributed by atoms with Gasteiger partial charge in [-0.2, -0.15) is 0 Å². The molecule has 14 aromatic carbocycles. The highest BCUT2D eigenvalue weighted by atomic mass is 35.5. The molecule has 0 aliphatic rings. The summed E-state index contributed by atoms with van der Waals surface area (Å²) in [6.45, 7) is 25.6. The third-order valence-corrected chi connectivity index (χ3v) is 24.5. The number of benzene rings is 14. The van der Waals surface area contributed by atoms with Gasteiger partial charge in [-0.1, -0.05) is 288 Å². The van der Waals surface area contributed by atoms with Crippen molar-refractivity contribution in [3.05, 3.63) is 511 Å². The fourth-order valence-corrected chi connectivity index (χ4v) is 16.5. The van der Waals surface area contributed by atoms with E-state index in [0.29, 0.717) is 51.4 Å². The molecule has 0 atom stereocenters. The van der Waals surface area contributed by atoms with E-state index in [1.165, 1.54) is 0 Å². The molecule has 728 valence electrons. The monoisotopic (exact) mass is 1950 g/mol. The fraction of sp³-hybridized carbons (Fsp3) is 0.118. The van der Waals surface area contributed by atoms with Gasteiger partial charge in [0, 0.05) is 124 Å². The van der Waals surface area contributed by atoms with Crippen LogP contribution in [0.5, 0.6) is 0 Å². The Hall–Kier alpha value is -18.1. The summed E-state index contributed by atoms with van der Waals surface area (Å²) in [5, 5.41) is 22.3. The number of aromatic nitrogens is 7. The van der Waals surface area contributed by atoms with E-state index in [2.05, 4.69) is 73.6 Å². The van der Waals surface area contributed by atoms with Gasteiger partial charge in [-0.25, -0.2) is 0 Å². The van der Waals surface area contributed by atoms with Gasteiger partial charge < -0.3 is 26.6 Å². The molecule has 5 amide bonds. The molecule has 20 heteroatoms. The van der Waals surface area contributed by atoms with Gasteiger partial charge >= 0.3 is 0 Å². The molecule has 0 radical (unpaired) electrons. The number of ketones is 2. The summed E-state index contributed by atoms with van der Waals surface area (Å²) < 4.78 is 0. The SMILES string of the molecule is Cc1ccc(C(=O)Cc2cccc3ccc(C)nc23)cc1.Cc1ccc(C(=O)Nc2cccc3ccc(C)nc23)cc1.Cc1ccc(C(=O)Nc2cccc3ccc(C)nc23)cc1.Cc1ccc(C(=O)Nc2cccc3ccc(C)nc23)cc1.Cc1ccc2cccc(NC(=O)c3ccccc3Cl)c2n1.Cc1cccc(C(=O)Cc2cccc3ccc(C)nc23)c1.Cc1cccc(C(=O)Nc2cccc3ccc(C)nc23)c1. The van der Waals surface area contributed by atoms with Gasteiger partial charge in [0.15, 0.2) is 11.6 Å². The van der Waals surface area contributed by atoms with Crippen molar-refractivity contribution in [3.8, 4) is 0 Å². The highest BCUT2D eigenvalue weighted by Crippen LogP contribution is 2.31. The van der Waals surface area contributed by atoms with Gasteiger partial charge in [0.25, 0.3) is 29.5 Å². The number of pyridine rings is 7.